The Kier molecular flexibility index (Phi) is 6.75. The third-order valence-electron chi connectivity index (χ3n) is 4.82. The summed E-state index contributed by atoms with van der Waals surface area (Å²) in [4.78, 5) is 0. The van der Waals surface area contributed by atoms with Gasteiger partial charge < -0.3 is 5.32 Å². The monoisotopic (exact) mass is 275 g/mol. The molecule has 1 N–H and O–H groups in total. The number of aryl methyl sites for hydroxylation is 3. The summed E-state index contributed by atoms with van der Waals surface area (Å²) in [6.07, 6.45) is 4.90. The van der Waals surface area contributed by atoms with Gasteiger partial charge in [-0.2, -0.15) is 0 Å². The van der Waals surface area contributed by atoms with Gasteiger partial charge in [-0.25, -0.2) is 0 Å². The summed E-state index contributed by atoms with van der Waals surface area (Å²) in [7, 11) is 0. The lowest BCUT2D eigenvalue weighted by atomic mass is 9.75. The molecule has 0 aliphatic rings. The molecule has 0 saturated carbocycles. The minimum absolute atomic E-state index is 0.403. The van der Waals surface area contributed by atoms with E-state index in [9.17, 15) is 0 Å². The topological polar surface area (TPSA) is 12.0 Å². The highest BCUT2D eigenvalue weighted by molar-refractivity contribution is 5.38. The lowest BCUT2D eigenvalue weighted by Gasteiger charge is -2.33. The van der Waals surface area contributed by atoms with Crippen molar-refractivity contribution in [1.29, 1.82) is 0 Å². The van der Waals surface area contributed by atoms with Crippen molar-refractivity contribution in [3.05, 3.63) is 34.4 Å². The van der Waals surface area contributed by atoms with E-state index in [0.29, 0.717) is 5.41 Å². The van der Waals surface area contributed by atoms with Crippen molar-refractivity contribution in [2.24, 2.45) is 5.41 Å². The molecule has 1 aromatic rings. The Hall–Kier alpha value is -0.820. The van der Waals surface area contributed by atoms with Crippen LogP contribution >= 0.6 is 0 Å². The molecule has 1 aromatic carbocycles. The normalized spacial score (nSPS) is 11.9. The van der Waals surface area contributed by atoms with Crippen LogP contribution in [0.4, 0.5) is 0 Å². The minimum atomic E-state index is 0.403. The van der Waals surface area contributed by atoms with E-state index in [1.54, 1.807) is 5.56 Å². The molecule has 1 nitrogen and oxygen atoms in total. The molecule has 0 aliphatic heterocycles. The summed E-state index contributed by atoms with van der Waals surface area (Å²) in [6, 6.07) is 4.66. The first kappa shape index (κ1) is 17.2. The Morgan fingerprint density at radius 2 is 1.50 bits per heavy atom. The van der Waals surface area contributed by atoms with Gasteiger partial charge in [-0.1, -0.05) is 38.5 Å². The van der Waals surface area contributed by atoms with E-state index in [-0.39, 0.29) is 0 Å². The van der Waals surface area contributed by atoms with Gasteiger partial charge in [-0.15, -0.1) is 0 Å². The van der Waals surface area contributed by atoms with Crippen LogP contribution in [0.15, 0.2) is 12.1 Å². The molecule has 0 spiro atoms. The van der Waals surface area contributed by atoms with Crippen molar-refractivity contribution >= 4 is 0 Å². The van der Waals surface area contributed by atoms with E-state index < -0.39 is 0 Å². The van der Waals surface area contributed by atoms with Crippen LogP contribution in [0.2, 0.25) is 0 Å². The van der Waals surface area contributed by atoms with Crippen LogP contribution in [-0.4, -0.2) is 13.1 Å². The molecule has 0 amide bonds. The molecule has 1 heteroatoms. The third kappa shape index (κ3) is 4.34. The van der Waals surface area contributed by atoms with Crippen molar-refractivity contribution in [2.75, 3.05) is 13.1 Å². The largest absolute Gasteiger partial charge is 0.316 e. The summed E-state index contributed by atoms with van der Waals surface area (Å²) in [5.41, 5.74) is 6.28. The predicted molar refractivity (Wildman–Crippen MR) is 90.5 cm³/mol. The van der Waals surface area contributed by atoms with Gasteiger partial charge in [-0.05, 0) is 75.1 Å². The van der Waals surface area contributed by atoms with Crippen LogP contribution in [0.3, 0.4) is 0 Å². The van der Waals surface area contributed by atoms with Gasteiger partial charge in [0.05, 0.1) is 0 Å². The van der Waals surface area contributed by atoms with Gasteiger partial charge in [0, 0.05) is 6.54 Å². The van der Waals surface area contributed by atoms with Crippen LogP contribution in [-0.2, 0) is 6.42 Å². The highest BCUT2D eigenvalue weighted by atomic mass is 14.9. The summed E-state index contributed by atoms with van der Waals surface area (Å²) >= 11 is 0. The van der Waals surface area contributed by atoms with Crippen molar-refractivity contribution in [1.82, 2.24) is 5.32 Å². The van der Waals surface area contributed by atoms with Crippen LogP contribution < -0.4 is 5.32 Å². The SMILES string of the molecule is CCCNCC(CC)(CC)Cc1c(C)cc(C)cc1C. The second-order valence-electron chi connectivity index (χ2n) is 6.44. The van der Waals surface area contributed by atoms with Crippen molar-refractivity contribution < 1.29 is 0 Å². The van der Waals surface area contributed by atoms with E-state index >= 15 is 0 Å². The number of hydrogen-bond acceptors (Lipinski definition) is 1. The second kappa shape index (κ2) is 7.83. The predicted octanol–water partition coefficient (Wildman–Crippen LogP) is 4.96. The molecular formula is C19H33N. The van der Waals surface area contributed by atoms with E-state index in [1.807, 2.05) is 0 Å². The zero-order valence-electron chi connectivity index (χ0n) is 14.4. The van der Waals surface area contributed by atoms with E-state index in [1.165, 1.54) is 42.4 Å². The Bertz CT molecular complexity index is 393. The first-order valence-corrected chi connectivity index (χ1v) is 8.25. The molecule has 0 heterocycles. The molecule has 0 unspecified atom stereocenters. The average Bonchev–Trinajstić information content (AvgIpc) is 2.41. The highest BCUT2D eigenvalue weighted by Gasteiger charge is 2.27. The minimum Gasteiger partial charge on any atom is -0.316 e. The average molecular weight is 275 g/mol. The van der Waals surface area contributed by atoms with Gasteiger partial charge in [0.15, 0.2) is 0 Å². The fraction of sp³-hybridized carbons (Fsp3) is 0.684. The number of rotatable bonds is 8. The molecular weight excluding hydrogens is 242 g/mol. The van der Waals surface area contributed by atoms with Gasteiger partial charge >= 0.3 is 0 Å². The standard InChI is InChI=1S/C19H33N/c1-7-10-20-14-19(8-2,9-3)13-18-16(5)11-15(4)12-17(18)6/h11-12,20H,7-10,13-14H2,1-6H3. The molecule has 0 bridgehead atoms. The Labute approximate surface area is 126 Å². The van der Waals surface area contributed by atoms with Crippen molar-refractivity contribution in [3.63, 3.8) is 0 Å². The summed E-state index contributed by atoms with van der Waals surface area (Å²) < 4.78 is 0. The van der Waals surface area contributed by atoms with Crippen LogP contribution in [0.5, 0.6) is 0 Å². The smallest absolute Gasteiger partial charge is 0.00108 e. The molecule has 114 valence electrons. The van der Waals surface area contributed by atoms with E-state index in [2.05, 4.69) is 59.0 Å². The fourth-order valence-electron chi connectivity index (χ4n) is 3.21. The lowest BCUT2D eigenvalue weighted by Crippen LogP contribution is -2.36. The first-order valence-electron chi connectivity index (χ1n) is 8.25. The molecule has 0 aromatic heterocycles. The maximum absolute atomic E-state index is 3.65. The van der Waals surface area contributed by atoms with Gasteiger partial charge in [-0.3, -0.25) is 0 Å². The number of benzene rings is 1. The third-order valence-corrected chi connectivity index (χ3v) is 4.82. The lowest BCUT2D eigenvalue weighted by molar-refractivity contribution is 0.246. The first-order chi connectivity index (χ1) is 9.48. The van der Waals surface area contributed by atoms with Crippen LogP contribution in [0.25, 0.3) is 0 Å². The van der Waals surface area contributed by atoms with Gasteiger partial charge in [0.25, 0.3) is 0 Å². The van der Waals surface area contributed by atoms with E-state index in [4.69, 9.17) is 0 Å². The number of hydrogen-bond donors (Lipinski definition) is 1. The molecule has 0 radical (unpaired) electrons. The zero-order valence-corrected chi connectivity index (χ0v) is 14.4. The quantitative estimate of drug-likeness (QED) is 0.661. The van der Waals surface area contributed by atoms with Crippen molar-refractivity contribution in [3.8, 4) is 0 Å². The van der Waals surface area contributed by atoms with Gasteiger partial charge in [0.2, 0.25) is 0 Å². The maximum Gasteiger partial charge on any atom is 0.00108 e. The fourth-order valence-corrected chi connectivity index (χ4v) is 3.21. The summed E-state index contributed by atoms with van der Waals surface area (Å²) in [5.74, 6) is 0. The molecule has 20 heavy (non-hydrogen) atoms. The summed E-state index contributed by atoms with van der Waals surface area (Å²) in [6.45, 7) is 15.9. The van der Waals surface area contributed by atoms with E-state index in [0.717, 1.165) is 13.1 Å². The summed E-state index contributed by atoms with van der Waals surface area (Å²) in [5, 5.41) is 3.65. The molecule has 0 fully saturated rings. The molecule has 0 atom stereocenters. The highest BCUT2D eigenvalue weighted by Crippen LogP contribution is 2.33. The molecule has 0 aliphatic carbocycles. The number of nitrogens with one attached hydrogen (secondary N) is 1. The van der Waals surface area contributed by atoms with Crippen LogP contribution in [0, 0.1) is 26.2 Å². The van der Waals surface area contributed by atoms with Crippen LogP contribution in [0.1, 0.15) is 62.3 Å². The Morgan fingerprint density at radius 3 is 1.95 bits per heavy atom. The maximum atomic E-state index is 3.65. The van der Waals surface area contributed by atoms with Gasteiger partial charge in [0.1, 0.15) is 0 Å². The molecule has 0 saturated heterocycles. The Morgan fingerprint density at radius 1 is 0.950 bits per heavy atom. The zero-order chi connectivity index (χ0) is 15.2. The van der Waals surface area contributed by atoms with Crippen molar-refractivity contribution in [2.45, 2.75) is 67.2 Å². The second-order valence-corrected chi connectivity index (χ2v) is 6.44. The molecule has 1 rings (SSSR count). The Balaban J connectivity index is 2.95.